The largest absolute Gasteiger partial charge is 0.467 e. The molecule has 4 rings (SSSR count). The van der Waals surface area contributed by atoms with Crippen LogP contribution in [0.25, 0.3) is 20.7 Å². The lowest BCUT2D eigenvalue weighted by molar-refractivity contribution is -0.131. The first-order valence-electron chi connectivity index (χ1n) is 7.90. The highest BCUT2D eigenvalue weighted by Gasteiger charge is 2.17. The van der Waals surface area contributed by atoms with E-state index < -0.39 is 0 Å². The average molecular weight is 385 g/mol. The van der Waals surface area contributed by atoms with Crippen LogP contribution in [0.4, 0.5) is 0 Å². The summed E-state index contributed by atoms with van der Waals surface area (Å²) < 4.78 is 6.63. The smallest absolute Gasteiger partial charge is 0.263 e. The Morgan fingerprint density at radius 2 is 2.19 bits per heavy atom. The van der Waals surface area contributed by atoms with Gasteiger partial charge in [-0.05, 0) is 23.6 Å². The second-order valence-electron chi connectivity index (χ2n) is 5.81. The number of amides is 1. The average Bonchev–Trinajstić information content (AvgIpc) is 3.37. The van der Waals surface area contributed by atoms with Gasteiger partial charge in [-0.15, -0.1) is 22.7 Å². The lowest BCUT2D eigenvalue weighted by Gasteiger charge is -2.16. The SMILES string of the molecule is CN(Cc1ccco1)C(=O)Cn1cnc2scc(-c3cccs3)c2c1=O. The normalized spacial score (nSPS) is 11.1. The van der Waals surface area contributed by atoms with Gasteiger partial charge in [0.1, 0.15) is 17.1 Å². The maximum Gasteiger partial charge on any atom is 0.263 e. The van der Waals surface area contributed by atoms with Gasteiger partial charge in [0.15, 0.2) is 0 Å². The fraction of sp³-hybridized carbons (Fsp3) is 0.167. The summed E-state index contributed by atoms with van der Waals surface area (Å²) in [6, 6.07) is 7.51. The first-order valence-corrected chi connectivity index (χ1v) is 9.66. The van der Waals surface area contributed by atoms with Crippen molar-refractivity contribution in [2.24, 2.45) is 0 Å². The van der Waals surface area contributed by atoms with E-state index in [4.69, 9.17) is 4.42 Å². The van der Waals surface area contributed by atoms with Gasteiger partial charge in [-0.2, -0.15) is 0 Å². The molecule has 0 saturated carbocycles. The third-order valence-electron chi connectivity index (χ3n) is 4.05. The Balaban J connectivity index is 1.63. The van der Waals surface area contributed by atoms with Crippen molar-refractivity contribution in [2.75, 3.05) is 7.05 Å². The number of likely N-dealkylation sites (N-methyl/N-ethyl adjacent to an activating group) is 1. The Kier molecular flexibility index (Phi) is 4.44. The Morgan fingerprint density at radius 1 is 1.31 bits per heavy atom. The molecule has 0 atom stereocenters. The van der Waals surface area contributed by atoms with Crippen LogP contribution in [0.2, 0.25) is 0 Å². The number of fused-ring (bicyclic) bond motifs is 1. The highest BCUT2D eigenvalue weighted by Crippen LogP contribution is 2.33. The van der Waals surface area contributed by atoms with E-state index in [-0.39, 0.29) is 18.0 Å². The minimum atomic E-state index is -0.195. The molecule has 0 spiro atoms. The Bertz CT molecular complexity index is 1090. The topological polar surface area (TPSA) is 68.3 Å². The van der Waals surface area contributed by atoms with Crippen LogP contribution >= 0.6 is 22.7 Å². The summed E-state index contributed by atoms with van der Waals surface area (Å²) in [6.45, 7) is 0.299. The molecule has 4 aromatic rings. The van der Waals surface area contributed by atoms with Crippen LogP contribution in [0.1, 0.15) is 5.76 Å². The fourth-order valence-electron chi connectivity index (χ4n) is 2.68. The second-order valence-corrected chi connectivity index (χ2v) is 7.62. The fourth-order valence-corrected chi connectivity index (χ4v) is 4.41. The van der Waals surface area contributed by atoms with Crippen molar-refractivity contribution in [3.05, 3.63) is 63.7 Å². The van der Waals surface area contributed by atoms with Gasteiger partial charge < -0.3 is 9.32 Å². The molecule has 1 amide bonds. The van der Waals surface area contributed by atoms with Crippen molar-refractivity contribution in [2.45, 2.75) is 13.1 Å². The Morgan fingerprint density at radius 3 is 2.92 bits per heavy atom. The van der Waals surface area contributed by atoms with Crippen LogP contribution in [0.5, 0.6) is 0 Å². The molecule has 4 aromatic heterocycles. The highest BCUT2D eigenvalue weighted by atomic mass is 32.1. The summed E-state index contributed by atoms with van der Waals surface area (Å²) in [6.07, 6.45) is 3.01. The van der Waals surface area contributed by atoms with Gasteiger partial charge in [0, 0.05) is 22.9 Å². The summed E-state index contributed by atoms with van der Waals surface area (Å²) in [5.74, 6) is 0.511. The van der Waals surface area contributed by atoms with Crippen molar-refractivity contribution in [1.82, 2.24) is 14.5 Å². The minimum Gasteiger partial charge on any atom is -0.467 e. The van der Waals surface area contributed by atoms with Crippen LogP contribution in [0, 0.1) is 0 Å². The molecule has 132 valence electrons. The summed E-state index contributed by atoms with van der Waals surface area (Å²) in [5, 5.41) is 4.49. The molecular weight excluding hydrogens is 370 g/mol. The minimum absolute atomic E-state index is 0.0568. The number of hydrogen-bond donors (Lipinski definition) is 0. The quantitative estimate of drug-likeness (QED) is 0.528. The number of hydrogen-bond acceptors (Lipinski definition) is 6. The van der Waals surface area contributed by atoms with Crippen molar-refractivity contribution >= 4 is 38.8 Å². The van der Waals surface area contributed by atoms with E-state index in [9.17, 15) is 9.59 Å². The number of rotatable bonds is 5. The summed E-state index contributed by atoms with van der Waals surface area (Å²) in [5.41, 5.74) is 0.683. The highest BCUT2D eigenvalue weighted by molar-refractivity contribution is 7.18. The van der Waals surface area contributed by atoms with Gasteiger partial charge in [0.2, 0.25) is 5.91 Å². The van der Waals surface area contributed by atoms with Crippen LogP contribution < -0.4 is 5.56 Å². The molecule has 6 nitrogen and oxygen atoms in total. The molecule has 0 radical (unpaired) electrons. The molecule has 0 fully saturated rings. The van der Waals surface area contributed by atoms with Crippen molar-refractivity contribution < 1.29 is 9.21 Å². The lowest BCUT2D eigenvalue weighted by Crippen LogP contribution is -2.33. The van der Waals surface area contributed by atoms with Crippen molar-refractivity contribution in [3.8, 4) is 10.4 Å². The molecule has 0 aliphatic carbocycles. The molecule has 4 heterocycles. The molecule has 0 aliphatic heterocycles. The molecule has 0 aliphatic rings. The Hall–Kier alpha value is -2.71. The predicted octanol–water partition coefficient (Wildman–Crippen LogP) is 3.44. The molecule has 26 heavy (non-hydrogen) atoms. The molecule has 0 bridgehead atoms. The molecule has 0 saturated heterocycles. The molecule has 0 aromatic carbocycles. The third kappa shape index (κ3) is 3.09. The van der Waals surface area contributed by atoms with E-state index >= 15 is 0 Å². The zero-order valence-corrected chi connectivity index (χ0v) is 15.5. The summed E-state index contributed by atoms with van der Waals surface area (Å²) >= 11 is 3.01. The van der Waals surface area contributed by atoms with E-state index in [1.165, 1.54) is 27.1 Å². The van der Waals surface area contributed by atoms with Gasteiger partial charge in [-0.3, -0.25) is 14.2 Å². The van der Waals surface area contributed by atoms with E-state index in [2.05, 4.69) is 4.98 Å². The van der Waals surface area contributed by atoms with Crippen molar-refractivity contribution in [3.63, 3.8) is 0 Å². The van der Waals surface area contributed by atoms with Crippen LogP contribution in [0.15, 0.2) is 56.8 Å². The number of furan rings is 1. The van der Waals surface area contributed by atoms with Gasteiger partial charge >= 0.3 is 0 Å². The number of aromatic nitrogens is 2. The predicted molar refractivity (Wildman–Crippen MR) is 102 cm³/mol. The molecular formula is C18H15N3O3S2. The Labute approximate surface area is 156 Å². The van der Waals surface area contributed by atoms with Crippen LogP contribution in [-0.2, 0) is 17.9 Å². The lowest BCUT2D eigenvalue weighted by atomic mass is 10.2. The second kappa shape index (κ2) is 6.89. The summed E-state index contributed by atoms with van der Waals surface area (Å²) in [7, 11) is 1.68. The van der Waals surface area contributed by atoms with E-state index in [1.807, 2.05) is 29.0 Å². The number of carbonyl (C=O) groups is 1. The summed E-state index contributed by atoms with van der Waals surface area (Å²) in [4.78, 5) is 33.0. The van der Waals surface area contributed by atoms with E-state index in [0.717, 1.165) is 10.4 Å². The zero-order chi connectivity index (χ0) is 18.1. The third-order valence-corrected chi connectivity index (χ3v) is 5.84. The van der Waals surface area contributed by atoms with Crippen LogP contribution in [0.3, 0.4) is 0 Å². The molecule has 8 heteroatoms. The maximum atomic E-state index is 12.9. The van der Waals surface area contributed by atoms with E-state index in [0.29, 0.717) is 22.5 Å². The van der Waals surface area contributed by atoms with E-state index in [1.54, 1.807) is 30.7 Å². The van der Waals surface area contributed by atoms with Gasteiger partial charge in [-0.25, -0.2) is 4.98 Å². The zero-order valence-electron chi connectivity index (χ0n) is 13.9. The van der Waals surface area contributed by atoms with Crippen LogP contribution in [-0.4, -0.2) is 27.4 Å². The van der Waals surface area contributed by atoms with Crippen molar-refractivity contribution in [1.29, 1.82) is 0 Å². The monoisotopic (exact) mass is 385 g/mol. The number of thiophene rings is 2. The maximum absolute atomic E-state index is 12.9. The van der Waals surface area contributed by atoms with Gasteiger partial charge in [0.05, 0.1) is 24.5 Å². The standard InChI is InChI=1S/C18H15N3O3S2/c1-20(8-12-4-2-6-24-12)15(22)9-21-11-19-17-16(18(21)23)13(10-26-17)14-5-3-7-25-14/h2-7,10-11H,8-9H2,1H3. The first-order chi connectivity index (χ1) is 12.6. The number of nitrogens with zero attached hydrogens (tertiary/aromatic N) is 3. The molecule has 0 unspecified atom stereocenters. The number of carbonyl (C=O) groups excluding carboxylic acids is 1. The molecule has 0 N–H and O–H groups in total. The first kappa shape index (κ1) is 16.7. The van der Waals surface area contributed by atoms with Gasteiger partial charge in [0.25, 0.3) is 5.56 Å². The van der Waals surface area contributed by atoms with Gasteiger partial charge in [-0.1, -0.05) is 6.07 Å².